The van der Waals surface area contributed by atoms with E-state index in [-0.39, 0.29) is 0 Å². The molecule has 0 N–H and O–H groups in total. The molecule has 2 nitrogen and oxygen atoms in total. The van der Waals surface area contributed by atoms with Crippen molar-refractivity contribution in [2.75, 3.05) is 0 Å². The minimum atomic E-state index is 0.936. The molecule has 0 saturated heterocycles. The molecule has 0 aliphatic carbocycles. The van der Waals surface area contributed by atoms with Crippen molar-refractivity contribution in [2.24, 2.45) is 0 Å². The van der Waals surface area contributed by atoms with E-state index >= 15 is 0 Å². The van der Waals surface area contributed by atoms with E-state index in [4.69, 9.17) is 4.98 Å². The summed E-state index contributed by atoms with van der Waals surface area (Å²) in [5.74, 6) is 0.936. The first-order chi connectivity index (χ1) is 34.6. The molecule has 0 amide bonds. The highest BCUT2D eigenvalue weighted by molar-refractivity contribution is 6.23. The SMILES string of the molecule is Cc1ccc2cc(-c3c4ccccc4c(-c4ccc(-c5c6ccccc6c(-c6ccc7cc(-c8nc9ccccc9n8-c8ccccc8)ccc7c6)c6ccccc56)cc4)c4ccccc34)ccc2c1. The van der Waals surface area contributed by atoms with Crippen molar-refractivity contribution in [3.63, 3.8) is 0 Å². The van der Waals surface area contributed by atoms with Crippen molar-refractivity contribution in [3.8, 4) is 61.6 Å². The molecule has 13 aromatic carbocycles. The fraction of sp³-hybridized carbons (Fsp3) is 0.0147. The predicted molar refractivity (Wildman–Crippen MR) is 298 cm³/mol. The van der Waals surface area contributed by atoms with Gasteiger partial charge in [-0.3, -0.25) is 4.57 Å². The summed E-state index contributed by atoms with van der Waals surface area (Å²) < 4.78 is 2.27. The number of rotatable bonds is 6. The van der Waals surface area contributed by atoms with Crippen LogP contribution in [0.5, 0.6) is 0 Å². The molecular weight excluding hydrogens is 845 g/mol. The Morgan fingerprint density at radius 1 is 0.286 bits per heavy atom. The first-order valence-corrected chi connectivity index (χ1v) is 24.2. The summed E-state index contributed by atoms with van der Waals surface area (Å²) in [5.41, 5.74) is 15.4. The summed E-state index contributed by atoms with van der Waals surface area (Å²) in [4.78, 5) is 5.16. The summed E-state index contributed by atoms with van der Waals surface area (Å²) in [5, 5.41) is 14.9. The molecule has 1 heterocycles. The summed E-state index contributed by atoms with van der Waals surface area (Å²) in [6, 6.07) is 91.5. The van der Waals surface area contributed by atoms with Gasteiger partial charge >= 0.3 is 0 Å². The van der Waals surface area contributed by atoms with Gasteiger partial charge in [0.05, 0.1) is 11.0 Å². The van der Waals surface area contributed by atoms with Crippen LogP contribution in [-0.2, 0) is 0 Å². The van der Waals surface area contributed by atoms with Crippen LogP contribution in [0.25, 0.3) is 137 Å². The average Bonchev–Trinajstić information content (AvgIpc) is 3.81. The molecule has 326 valence electrons. The highest BCUT2D eigenvalue weighted by Gasteiger charge is 2.21. The minimum Gasteiger partial charge on any atom is -0.292 e. The number of aryl methyl sites for hydroxylation is 1. The van der Waals surface area contributed by atoms with E-state index in [2.05, 4.69) is 260 Å². The third kappa shape index (κ3) is 6.38. The molecule has 0 bridgehead atoms. The molecule has 0 atom stereocenters. The Morgan fingerprint density at radius 3 is 1.10 bits per heavy atom. The van der Waals surface area contributed by atoms with E-state index in [0.29, 0.717) is 0 Å². The maximum atomic E-state index is 5.16. The van der Waals surface area contributed by atoms with E-state index in [1.807, 2.05) is 0 Å². The second kappa shape index (κ2) is 16.0. The maximum absolute atomic E-state index is 5.16. The zero-order valence-corrected chi connectivity index (χ0v) is 38.6. The highest BCUT2D eigenvalue weighted by Crippen LogP contribution is 2.47. The van der Waals surface area contributed by atoms with Crippen LogP contribution in [-0.4, -0.2) is 9.55 Å². The van der Waals surface area contributed by atoms with Crippen LogP contribution in [0.1, 0.15) is 5.56 Å². The molecule has 0 spiro atoms. The van der Waals surface area contributed by atoms with Crippen molar-refractivity contribution < 1.29 is 0 Å². The lowest BCUT2D eigenvalue weighted by molar-refractivity contribution is 1.10. The number of nitrogens with zero attached hydrogens (tertiary/aromatic N) is 2. The molecule has 0 aliphatic rings. The highest BCUT2D eigenvalue weighted by atomic mass is 15.1. The molecule has 0 fully saturated rings. The van der Waals surface area contributed by atoms with Gasteiger partial charge in [-0.1, -0.05) is 212 Å². The number of hydrogen-bond donors (Lipinski definition) is 0. The largest absolute Gasteiger partial charge is 0.292 e. The Balaban J connectivity index is 0.885. The normalized spacial score (nSPS) is 11.8. The Hall–Kier alpha value is -9.11. The first kappa shape index (κ1) is 40.0. The molecule has 14 aromatic rings. The van der Waals surface area contributed by atoms with Crippen LogP contribution in [0, 0.1) is 6.92 Å². The third-order valence-electron chi connectivity index (χ3n) is 14.6. The van der Waals surface area contributed by atoms with Gasteiger partial charge in [-0.05, 0) is 159 Å². The Morgan fingerprint density at radius 2 is 0.629 bits per heavy atom. The summed E-state index contributed by atoms with van der Waals surface area (Å²) in [6.45, 7) is 2.16. The van der Waals surface area contributed by atoms with Crippen LogP contribution in [0.2, 0.25) is 0 Å². The van der Waals surface area contributed by atoms with Crippen LogP contribution in [0.3, 0.4) is 0 Å². The number of fused-ring (bicyclic) bond motifs is 7. The van der Waals surface area contributed by atoms with Gasteiger partial charge in [0.2, 0.25) is 0 Å². The smallest absolute Gasteiger partial charge is 0.145 e. The van der Waals surface area contributed by atoms with Gasteiger partial charge in [0, 0.05) is 11.3 Å². The lowest BCUT2D eigenvalue weighted by Crippen LogP contribution is -1.97. The minimum absolute atomic E-state index is 0.936. The van der Waals surface area contributed by atoms with Crippen LogP contribution in [0.15, 0.2) is 249 Å². The third-order valence-corrected chi connectivity index (χ3v) is 14.6. The first-order valence-electron chi connectivity index (χ1n) is 24.2. The van der Waals surface area contributed by atoms with Gasteiger partial charge in [0.1, 0.15) is 5.82 Å². The number of benzene rings is 13. The number of aromatic nitrogens is 2. The molecule has 0 unspecified atom stereocenters. The molecular formula is C68H44N2. The molecule has 1 aromatic heterocycles. The van der Waals surface area contributed by atoms with Crippen LogP contribution < -0.4 is 0 Å². The lowest BCUT2D eigenvalue weighted by atomic mass is 9.84. The van der Waals surface area contributed by atoms with E-state index in [0.717, 1.165) is 28.1 Å². The van der Waals surface area contributed by atoms with Crippen molar-refractivity contribution in [1.29, 1.82) is 0 Å². The van der Waals surface area contributed by atoms with Crippen LogP contribution in [0.4, 0.5) is 0 Å². The van der Waals surface area contributed by atoms with Crippen molar-refractivity contribution in [1.82, 2.24) is 9.55 Å². The fourth-order valence-corrected chi connectivity index (χ4v) is 11.4. The molecule has 0 radical (unpaired) electrons. The second-order valence-electron chi connectivity index (χ2n) is 18.7. The molecule has 2 heteroatoms. The Bertz CT molecular complexity index is 4290. The van der Waals surface area contributed by atoms with Crippen molar-refractivity contribution >= 4 is 75.7 Å². The topological polar surface area (TPSA) is 17.8 Å². The van der Waals surface area contributed by atoms with Crippen molar-refractivity contribution in [3.05, 3.63) is 254 Å². The summed E-state index contributed by atoms with van der Waals surface area (Å²) in [7, 11) is 0. The van der Waals surface area contributed by atoms with Crippen molar-refractivity contribution in [2.45, 2.75) is 6.92 Å². The van der Waals surface area contributed by atoms with Gasteiger partial charge in [-0.25, -0.2) is 4.98 Å². The quantitative estimate of drug-likeness (QED) is 0.152. The number of hydrogen-bond acceptors (Lipinski definition) is 1. The van der Waals surface area contributed by atoms with Gasteiger partial charge in [-0.15, -0.1) is 0 Å². The number of para-hydroxylation sites is 3. The van der Waals surface area contributed by atoms with Gasteiger partial charge in [-0.2, -0.15) is 0 Å². The zero-order chi connectivity index (χ0) is 46.3. The van der Waals surface area contributed by atoms with E-state index in [9.17, 15) is 0 Å². The van der Waals surface area contributed by atoms with Gasteiger partial charge in [0.15, 0.2) is 0 Å². The van der Waals surface area contributed by atoms with Crippen LogP contribution >= 0.6 is 0 Å². The van der Waals surface area contributed by atoms with Gasteiger partial charge < -0.3 is 0 Å². The summed E-state index contributed by atoms with van der Waals surface area (Å²) >= 11 is 0. The Kier molecular flexibility index (Phi) is 9.15. The van der Waals surface area contributed by atoms with Gasteiger partial charge in [0.25, 0.3) is 0 Å². The Labute approximate surface area is 406 Å². The van der Waals surface area contributed by atoms with E-state index < -0.39 is 0 Å². The molecule has 0 aliphatic heterocycles. The molecule has 14 rings (SSSR count). The standard InChI is InChI=1S/C68H44N2/c1-43-27-28-47-40-50(36-33-46(47)39-43)66-58-21-9-5-17-54(58)64(55-18-6-10-22-59(55)66)44-29-31-45(32-30-44)65-56-19-7-11-23-60(56)67(61-24-12-8-20-57(61)65)51-37-34-49-42-52(38-35-48(49)41-51)68-69-62-25-13-14-26-63(62)70(68)53-15-3-2-4-16-53/h2-42H,1H3. The number of imidazole rings is 1. The lowest BCUT2D eigenvalue weighted by Gasteiger charge is -2.19. The predicted octanol–water partition coefficient (Wildman–Crippen LogP) is 18.6. The monoisotopic (exact) mass is 888 g/mol. The maximum Gasteiger partial charge on any atom is 0.145 e. The molecule has 0 saturated carbocycles. The zero-order valence-electron chi connectivity index (χ0n) is 38.6. The fourth-order valence-electron chi connectivity index (χ4n) is 11.4. The van der Waals surface area contributed by atoms with E-state index in [1.165, 1.54) is 115 Å². The van der Waals surface area contributed by atoms with E-state index in [1.54, 1.807) is 0 Å². The summed E-state index contributed by atoms with van der Waals surface area (Å²) in [6.07, 6.45) is 0. The average molecular weight is 889 g/mol. The molecule has 70 heavy (non-hydrogen) atoms. The second-order valence-corrected chi connectivity index (χ2v) is 18.7.